The fourth-order valence-corrected chi connectivity index (χ4v) is 2.37. The van der Waals surface area contributed by atoms with Crippen molar-refractivity contribution >= 4 is 0 Å². The topological polar surface area (TPSA) is 84.0 Å². The Morgan fingerprint density at radius 1 is 1.20 bits per heavy atom. The van der Waals surface area contributed by atoms with Crippen molar-refractivity contribution in [2.24, 2.45) is 5.92 Å². The summed E-state index contributed by atoms with van der Waals surface area (Å²) in [6.07, 6.45) is 4.86. The summed E-state index contributed by atoms with van der Waals surface area (Å²) < 4.78 is 6.63. The molecule has 0 aliphatic rings. The largest absolute Gasteiger partial charge is 0.492 e. The number of pyridine rings is 1. The molecule has 0 atom stereocenters. The summed E-state index contributed by atoms with van der Waals surface area (Å²) in [6, 6.07) is 10.9. The average molecular weight is 334 g/mol. The highest BCUT2D eigenvalue weighted by molar-refractivity contribution is 5.66. The maximum absolute atomic E-state index is 10.2. The molecule has 1 aromatic carbocycles. The van der Waals surface area contributed by atoms with Crippen LogP contribution in [0.3, 0.4) is 0 Å². The van der Waals surface area contributed by atoms with E-state index in [-0.39, 0.29) is 0 Å². The number of nitriles is 1. The summed E-state index contributed by atoms with van der Waals surface area (Å²) >= 11 is 0. The smallest absolute Gasteiger partial charge is 0.175 e. The van der Waals surface area contributed by atoms with Crippen molar-refractivity contribution in [1.29, 1.82) is 5.26 Å². The monoisotopic (exact) mass is 334 g/mol. The molecule has 0 spiro atoms. The van der Waals surface area contributed by atoms with Crippen LogP contribution < -0.4 is 4.74 Å². The second-order valence-corrected chi connectivity index (χ2v) is 6.06. The van der Waals surface area contributed by atoms with Gasteiger partial charge in [-0.15, -0.1) is 0 Å². The van der Waals surface area contributed by atoms with Gasteiger partial charge in [-0.25, -0.2) is 4.98 Å². The Hall–Kier alpha value is -3.33. The Kier molecular flexibility index (Phi) is 4.66. The third kappa shape index (κ3) is 3.61. The molecule has 1 N–H and O–H groups in total. The predicted octanol–water partition coefficient (Wildman–Crippen LogP) is 3.76. The molecular weight excluding hydrogens is 316 g/mol. The first-order chi connectivity index (χ1) is 12.1. The number of benzene rings is 1. The lowest BCUT2D eigenvalue weighted by Crippen LogP contribution is -2.05. The van der Waals surface area contributed by atoms with Crippen molar-refractivity contribution in [2.45, 2.75) is 13.8 Å². The zero-order valence-electron chi connectivity index (χ0n) is 14.0. The number of rotatable bonds is 5. The first-order valence-corrected chi connectivity index (χ1v) is 7.95. The number of nitrogens with zero attached hydrogens (tertiary/aromatic N) is 4. The van der Waals surface area contributed by atoms with Crippen LogP contribution in [0.15, 0.2) is 48.9 Å². The van der Waals surface area contributed by atoms with Gasteiger partial charge in [0.05, 0.1) is 24.1 Å². The highest BCUT2D eigenvalue weighted by atomic mass is 16.5. The molecule has 0 radical (unpaired) electrons. The van der Waals surface area contributed by atoms with Crippen LogP contribution in [0.25, 0.3) is 22.6 Å². The molecule has 0 aliphatic carbocycles. The van der Waals surface area contributed by atoms with E-state index in [1.165, 1.54) is 6.20 Å². The van der Waals surface area contributed by atoms with E-state index in [0.29, 0.717) is 40.9 Å². The molecule has 126 valence electrons. The molecule has 6 nitrogen and oxygen atoms in total. The minimum atomic E-state index is 0.360. The lowest BCUT2D eigenvalue weighted by atomic mass is 10.1. The van der Waals surface area contributed by atoms with Crippen LogP contribution in [-0.4, -0.2) is 26.5 Å². The molecule has 2 aromatic heterocycles. The Balaban J connectivity index is 1.95. The zero-order chi connectivity index (χ0) is 17.8. The highest BCUT2D eigenvalue weighted by Crippen LogP contribution is 2.28. The van der Waals surface area contributed by atoms with E-state index in [9.17, 15) is 10.5 Å². The summed E-state index contributed by atoms with van der Waals surface area (Å²) in [5.41, 5.74) is 2.52. The van der Waals surface area contributed by atoms with Crippen molar-refractivity contribution < 1.29 is 9.94 Å². The van der Waals surface area contributed by atoms with Crippen molar-refractivity contribution in [3.63, 3.8) is 0 Å². The fraction of sp³-hybridized carbons (Fsp3) is 0.211. The Morgan fingerprint density at radius 2 is 1.96 bits per heavy atom. The minimum absolute atomic E-state index is 0.360. The third-order valence-electron chi connectivity index (χ3n) is 3.59. The number of hydrogen-bond donors (Lipinski definition) is 1. The van der Waals surface area contributed by atoms with Gasteiger partial charge in [0.15, 0.2) is 5.82 Å². The lowest BCUT2D eigenvalue weighted by Gasteiger charge is -2.11. The minimum Gasteiger partial charge on any atom is -0.492 e. The summed E-state index contributed by atoms with van der Waals surface area (Å²) in [5, 5.41) is 19.6. The summed E-state index contributed by atoms with van der Waals surface area (Å²) in [6.45, 7) is 4.63. The first kappa shape index (κ1) is 16.5. The number of ether oxygens (including phenoxy) is 1. The standard InChI is InChI=1S/C19H18N4O2/c1-13(2)12-25-18-4-3-15(9-16(18)10-20)19-22-17(11-23(19)24)14-5-7-21-8-6-14/h3-9,11,13,24H,12H2,1-2H3. The van der Waals surface area contributed by atoms with Gasteiger partial charge in [0.25, 0.3) is 0 Å². The van der Waals surface area contributed by atoms with Gasteiger partial charge in [0.2, 0.25) is 0 Å². The molecule has 0 bridgehead atoms. The lowest BCUT2D eigenvalue weighted by molar-refractivity contribution is 0.191. The molecule has 0 fully saturated rings. The molecule has 6 heteroatoms. The number of hydrogen-bond acceptors (Lipinski definition) is 5. The molecule has 0 amide bonds. The molecule has 0 aliphatic heterocycles. The van der Waals surface area contributed by atoms with Crippen LogP contribution in [-0.2, 0) is 0 Å². The Morgan fingerprint density at radius 3 is 2.64 bits per heavy atom. The van der Waals surface area contributed by atoms with Crippen LogP contribution in [0.2, 0.25) is 0 Å². The summed E-state index contributed by atoms with van der Waals surface area (Å²) in [7, 11) is 0. The van der Waals surface area contributed by atoms with Crippen LogP contribution in [0.1, 0.15) is 19.4 Å². The van der Waals surface area contributed by atoms with Gasteiger partial charge in [-0.3, -0.25) is 4.98 Å². The average Bonchev–Trinajstić information content (AvgIpc) is 3.02. The molecule has 0 unspecified atom stereocenters. The van der Waals surface area contributed by atoms with Crippen molar-refractivity contribution in [3.8, 4) is 34.5 Å². The fourth-order valence-electron chi connectivity index (χ4n) is 2.37. The van der Waals surface area contributed by atoms with Gasteiger partial charge >= 0.3 is 0 Å². The van der Waals surface area contributed by atoms with Crippen LogP contribution in [0, 0.1) is 17.2 Å². The second kappa shape index (κ2) is 7.05. The van der Waals surface area contributed by atoms with E-state index >= 15 is 0 Å². The zero-order valence-corrected chi connectivity index (χ0v) is 14.0. The Bertz CT molecular complexity index is 911. The van der Waals surface area contributed by atoms with E-state index in [4.69, 9.17) is 4.74 Å². The predicted molar refractivity (Wildman–Crippen MR) is 93.1 cm³/mol. The first-order valence-electron chi connectivity index (χ1n) is 7.95. The highest BCUT2D eigenvalue weighted by Gasteiger charge is 2.14. The van der Waals surface area contributed by atoms with E-state index in [2.05, 4.69) is 16.0 Å². The van der Waals surface area contributed by atoms with E-state index in [1.54, 1.807) is 30.6 Å². The van der Waals surface area contributed by atoms with Gasteiger partial charge in [0, 0.05) is 23.5 Å². The quantitative estimate of drug-likeness (QED) is 0.718. The second-order valence-electron chi connectivity index (χ2n) is 6.06. The molecule has 0 saturated heterocycles. The van der Waals surface area contributed by atoms with E-state index < -0.39 is 0 Å². The van der Waals surface area contributed by atoms with Crippen LogP contribution in [0.4, 0.5) is 0 Å². The normalized spacial score (nSPS) is 10.6. The maximum atomic E-state index is 10.2. The molecule has 3 aromatic rings. The van der Waals surface area contributed by atoms with Crippen LogP contribution >= 0.6 is 0 Å². The number of imidazole rings is 1. The molecular formula is C19H18N4O2. The SMILES string of the molecule is CC(C)COc1ccc(-c2nc(-c3ccncc3)cn2O)cc1C#N. The summed E-state index contributed by atoms with van der Waals surface area (Å²) in [5.74, 6) is 1.26. The van der Waals surface area contributed by atoms with Gasteiger partial charge < -0.3 is 9.94 Å². The van der Waals surface area contributed by atoms with Crippen molar-refractivity contribution in [2.75, 3.05) is 6.61 Å². The van der Waals surface area contributed by atoms with E-state index in [1.807, 2.05) is 26.0 Å². The third-order valence-corrected chi connectivity index (χ3v) is 3.59. The van der Waals surface area contributed by atoms with Gasteiger partial charge in [0.1, 0.15) is 11.8 Å². The van der Waals surface area contributed by atoms with Gasteiger partial charge in [-0.1, -0.05) is 13.8 Å². The molecule has 25 heavy (non-hydrogen) atoms. The molecule has 3 rings (SSSR count). The number of aromatic nitrogens is 3. The molecule has 2 heterocycles. The van der Waals surface area contributed by atoms with Gasteiger partial charge in [-0.2, -0.15) is 9.99 Å². The van der Waals surface area contributed by atoms with Crippen molar-refractivity contribution in [3.05, 3.63) is 54.5 Å². The van der Waals surface area contributed by atoms with Crippen LogP contribution in [0.5, 0.6) is 5.75 Å². The Labute approximate surface area is 145 Å². The van der Waals surface area contributed by atoms with Gasteiger partial charge in [-0.05, 0) is 36.2 Å². The summed E-state index contributed by atoms with van der Waals surface area (Å²) in [4.78, 5) is 8.44. The van der Waals surface area contributed by atoms with Crippen molar-refractivity contribution in [1.82, 2.24) is 14.7 Å². The molecule has 0 saturated carbocycles. The maximum Gasteiger partial charge on any atom is 0.175 e. The van der Waals surface area contributed by atoms with E-state index in [0.717, 1.165) is 10.3 Å².